The summed E-state index contributed by atoms with van der Waals surface area (Å²) in [5.74, 6) is -1.27. The summed E-state index contributed by atoms with van der Waals surface area (Å²) >= 11 is 0. The molecule has 146 valence electrons. The lowest BCUT2D eigenvalue weighted by Crippen LogP contribution is -2.16. The predicted octanol–water partition coefficient (Wildman–Crippen LogP) is 3.14. The molecule has 3 aromatic rings. The zero-order valence-electron chi connectivity index (χ0n) is 16.4. The van der Waals surface area contributed by atoms with Gasteiger partial charge in [-0.3, -0.25) is 9.59 Å². The van der Waals surface area contributed by atoms with Gasteiger partial charge in [-0.25, -0.2) is 9.78 Å². The highest BCUT2D eigenvalue weighted by Crippen LogP contribution is 2.27. The number of benzene rings is 1. The van der Waals surface area contributed by atoms with E-state index in [2.05, 4.69) is 9.72 Å². The van der Waals surface area contributed by atoms with E-state index in [1.54, 1.807) is 12.1 Å². The van der Waals surface area contributed by atoms with Gasteiger partial charge in [-0.1, -0.05) is 26.8 Å². The van der Waals surface area contributed by atoms with E-state index in [0.717, 1.165) is 5.56 Å². The number of ether oxygens (including phenoxy) is 2. The first-order valence-electron chi connectivity index (χ1n) is 8.72. The number of hydrogen-bond acceptors (Lipinski definition) is 7. The molecule has 0 spiro atoms. The fourth-order valence-electron chi connectivity index (χ4n) is 2.92. The van der Waals surface area contributed by atoms with Crippen LogP contribution in [0.1, 0.15) is 42.4 Å². The maximum Gasteiger partial charge on any atom is 0.339 e. The van der Waals surface area contributed by atoms with E-state index < -0.39 is 11.9 Å². The minimum absolute atomic E-state index is 0.0269. The van der Waals surface area contributed by atoms with Crippen LogP contribution in [0.4, 0.5) is 0 Å². The average molecular weight is 383 g/mol. The lowest BCUT2D eigenvalue weighted by atomic mass is 9.86. The monoisotopic (exact) mass is 383 g/mol. The molecule has 3 rings (SSSR count). The van der Waals surface area contributed by atoms with Crippen LogP contribution in [0.5, 0.6) is 0 Å². The minimum atomic E-state index is -0.698. The van der Waals surface area contributed by atoms with Gasteiger partial charge in [-0.05, 0) is 29.2 Å². The Morgan fingerprint density at radius 3 is 2.39 bits per heavy atom. The molecule has 0 radical (unpaired) electrons. The topological polar surface area (TPSA) is 95.7 Å². The van der Waals surface area contributed by atoms with Crippen molar-refractivity contribution < 1.29 is 23.5 Å². The van der Waals surface area contributed by atoms with Crippen LogP contribution in [0.3, 0.4) is 0 Å². The zero-order valence-corrected chi connectivity index (χ0v) is 16.4. The first kappa shape index (κ1) is 19.5. The Kier molecular flexibility index (Phi) is 4.93. The molecule has 1 aromatic carbocycles. The Hall–Kier alpha value is -3.22. The van der Waals surface area contributed by atoms with Crippen molar-refractivity contribution in [2.24, 2.45) is 0 Å². The van der Waals surface area contributed by atoms with E-state index in [0.29, 0.717) is 11.0 Å². The van der Waals surface area contributed by atoms with Gasteiger partial charge in [0.2, 0.25) is 11.1 Å². The Balaban J connectivity index is 2.32. The molecule has 28 heavy (non-hydrogen) atoms. The number of pyridine rings is 1. The van der Waals surface area contributed by atoms with Crippen molar-refractivity contribution in [1.29, 1.82) is 0 Å². The molecule has 2 heterocycles. The van der Waals surface area contributed by atoms with Crippen LogP contribution in [0, 0.1) is 0 Å². The van der Waals surface area contributed by atoms with Crippen LogP contribution >= 0.6 is 0 Å². The number of rotatable bonds is 3. The van der Waals surface area contributed by atoms with Crippen LogP contribution in [0.2, 0.25) is 0 Å². The minimum Gasteiger partial charge on any atom is -0.469 e. The SMILES string of the molecule is COC(=O)Cc1nc2oc3ccc(C(C)(C)C)cc3c(=O)c2cc1C(=O)OC. The summed E-state index contributed by atoms with van der Waals surface area (Å²) in [4.78, 5) is 41.2. The van der Waals surface area contributed by atoms with E-state index in [4.69, 9.17) is 9.15 Å². The van der Waals surface area contributed by atoms with Crippen LogP contribution in [0.15, 0.2) is 33.5 Å². The third-order valence-corrected chi connectivity index (χ3v) is 4.55. The van der Waals surface area contributed by atoms with E-state index in [1.165, 1.54) is 20.3 Å². The molecule has 0 saturated heterocycles. The summed E-state index contributed by atoms with van der Waals surface area (Å²) < 4.78 is 15.2. The maximum absolute atomic E-state index is 13.1. The number of carbonyl (C=O) groups is 2. The summed E-state index contributed by atoms with van der Waals surface area (Å²) in [6.45, 7) is 6.15. The molecule has 7 nitrogen and oxygen atoms in total. The Labute approximate surface area is 161 Å². The van der Waals surface area contributed by atoms with E-state index in [9.17, 15) is 14.4 Å². The maximum atomic E-state index is 13.1. The van der Waals surface area contributed by atoms with Crippen molar-refractivity contribution in [3.63, 3.8) is 0 Å². The quantitative estimate of drug-likeness (QED) is 0.506. The standard InChI is InChI=1S/C21H21NO6/c1-21(2,3)11-6-7-16-13(8-11)18(24)14-9-12(20(25)27-5)15(10-17(23)26-4)22-19(14)28-16/h6-9H,10H2,1-5H3. The molecule has 0 aliphatic carbocycles. The Morgan fingerprint density at radius 2 is 1.79 bits per heavy atom. The van der Waals surface area contributed by atoms with Crippen molar-refractivity contribution in [2.75, 3.05) is 14.2 Å². The van der Waals surface area contributed by atoms with Crippen LogP contribution < -0.4 is 5.43 Å². The van der Waals surface area contributed by atoms with Crippen molar-refractivity contribution in [3.05, 3.63) is 51.3 Å². The predicted molar refractivity (Wildman–Crippen MR) is 104 cm³/mol. The Morgan fingerprint density at radius 1 is 1.07 bits per heavy atom. The molecule has 0 amide bonds. The molecule has 0 aliphatic rings. The zero-order chi connectivity index (χ0) is 20.6. The number of esters is 2. The third kappa shape index (κ3) is 3.47. The number of fused-ring (bicyclic) bond motifs is 2. The number of carbonyl (C=O) groups excluding carboxylic acids is 2. The summed E-state index contributed by atoms with van der Waals surface area (Å²) in [5, 5.41) is 0.547. The lowest BCUT2D eigenvalue weighted by Gasteiger charge is -2.19. The third-order valence-electron chi connectivity index (χ3n) is 4.55. The summed E-state index contributed by atoms with van der Waals surface area (Å²) in [7, 11) is 2.45. The molecule has 0 fully saturated rings. The van der Waals surface area contributed by atoms with Crippen LogP contribution in [-0.4, -0.2) is 31.1 Å². The Bertz CT molecular complexity index is 1150. The van der Waals surface area contributed by atoms with Gasteiger partial charge in [-0.15, -0.1) is 0 Å². The second-order valence-corrected chi connectivity index (χ2v) is 7.47. The molecule has 2 aromatic heterocycles. The van der Waals surface area contributed by atoms with Crippen LogP contribution in [0.25, 0.3) is 22.1 Å². The van der Waals surface area contributed by atoms with Crippen LogP contribution in [-0.2, 0) is 26.1 Å². The normalized spacial score (nSPS) is 11.6. The molecule has 0 unspecified atom stereocenters. The highest BCUT2D eigenvalue weighted by atomic mass is 16.5. The molecule has 0 bridgehead atoms. The number of methoxy groups -OCH3 is 2. The van der Waals surface area contributed by atoms with Crippen molar-refractivity contribution >= 4 is 34.0 Å². The van der Waals surface area contributed by atoms with E-state index in [1.807, 2.05) is 26.8 Å². The van der Waals surface area contributed by atoms with Gasteiger partial charge in [0.05, 0.1) is 42.7 Å². The molecular formula is C21H21NO6. The van der Waals surface area contributed by atoms with Gasteiger partial charge >= 0.3 is 11.9 Å². The highest BCUT2D eigenvalue weighted by molar-refractivity contribution is 5.97. The van der Waals surface area contributed by atoms with Crippen molar-refractivity contribution in [3.8, 4) is 0 Å². The second-order valence-electron chi connectivity index (χ2n) is 7.47. The first-order valence-corrected chi connectivity index (χ1v) is 8.72. The number of nitrogens with zero attached hydrogens (tertiary/aromatic N) is 1. The van der Waals surface area contributed by atoms with E-state index >= 15 is 0 Å². The van der Waals surface area contributed by atoms with Crippen molar-refractivity contribution in [1.82, 2.24) is 4.98 Å². The smallest absolute Gasteiger partial charge is 0.339 e. The fraction of sp³-hybridized carbons (Fsp3) is 0.333. The number of hydrogen-bond donors (Lipinski definition) is 0. The molecular weight excluding hydrogens is 362 g/mol. The van der Waals surface area contributed by atoms with E-state index in [-0.39, 0.29) is 39.6 Å². The molecule has 0 N–H and O–H groups in total. The summed E-state index contributed by atoms with van der Waals surface area (Å²) in [5.41, 5.74) is 1.12. The van der Waals surface area contributed by atoms with Gasteiger partial charge in [0, 0.05) is 0 Å². The first-order chi connectivity index (χ1) is 13.2. The van der Waals surface area contributed by atoms with Crippen molar-refractivity contribution in [2.45, 2.75) is 32.6 Å². The molecule has 0 atom stereocenters. The highest BCUT2D eigenvalue weighted by Gasteiger charge is 2.22. The summed E-state index contributed by atoms with van der Waals surface area (Å²) in [6.07, 6.45) is -0.248. The van der Waals surface area contributed by atoms with Gasteiger partial charge in [-0.2, -0.15) is 0 Å². The average Bonchev–Trinajstić information content (AvgIpc) is 2.66. The van der Waals surface area contributed by atoms with Gasteiger partial charge in [0.15, 0.2) is 0 Å². The lowest BCUT2D eigenvalue weighted by molar-refractivity contribution is -0.139. The fourth-order valence-corrected chi connectivity index (χ4v) is 2.92. The molecule has 0 saturated carbocycles. The van der Waals surface area contributed by atoms with Gasteiger partial charge in [0.1, 0.15) is 5.58 Å². The summed E-state index contributed by atoms with van der Waals surface area (Å²) in [6, 6.07) is 6.78. The largest absolute Gasteiger partial charge is 0.469 e. The number of aromatic nitrogens is 1. The molecule has 0 aliphatic heterocycles. The van der Waals surface area contributed by atoms with Gasteiger partial charge in [0.25, 0.3) is 0 Å². The second kappa shape index (κ2) is 7.07. The molecule has 7 heteroatoms. The van der Waals surface area contributed by atoms with Gasteiger partial charge < -0.3 is 13.9 Å².